The summed E-state index contributed by atoms with van der Waals surface area (Å²) in [6.45, 7) is 2.40. The van der Waals surface area contributed by atoms with Crippen LogP contribution in [0.4, 0.5) is 5.69 Å². The molecule has 0 aliphatic rings. The lowest BCUT2D eigenvalue weighted by atomic mass is 10.2. The number of anilines is 1. The predicted molar refractivity (Wildman–Crippen MR) is 72.1 cm³/mol. The van der Waals surface area contributed by atoms with Crippen molar-refractivity contribution in [1.29, 1.82) is 0 Å². The Labute approximate surface area is 109 Å². The SMILES string of the molecule is Cc1ccc(O)c(CNc2ccccc2Br)n1. The van der Waals surface area contributed by atoms with Crippen LogP contribution in [0.15, 0.2) is 40.9 Å². The van der Waals surface area contributed by atoms with Crippen LogP contribution in [0.3, 0.4) is 0 Å². The molecule has 0 radical (unpaired) electrons. The Balaban J connectivity index is 2.12. The monoisotopic (exact) mass is 292 g/mol. The van der Waals surface area contributed by atoms with Crippen molar-refractivity contribution in [3.05, 3.63) is 52.3 Å². The molecular weight excluding hydrogens is 280 g/mol. The van der Waals surface area contributed by atoms with Gasteiger partial charge < -0.3 is 10.4 Å². The van der Waals surface area contributed by atoms with Gasteiger partial charge in [-0.15, -0.1) is 0 Å². The topological polar surface area (TPSA) is 45.1 Å². The molecule has 2 aromatic rings. The Morgan fingerprint density at radius 3 is 2.76 bits per heavy atom. The van der Waals surface area contributed by atoms with Crippen LogP contribution in [-0.4, -0.2) is 10.1 Å². The number of hydrogen-bond acceptors (Lipinski definition) is 3. The summed E-state index contributed by atoms with van der Waals surface area (Å²) in [5.41, 5.74) is 2.53. The molecule has 88 valence electrons. The number of aromatic nitrogens is 1. The van der Waals surface area contributed by atoms with Gasteiger partial charge in [-0.05, 0) is 47.1 Å². The molecule has 17 heavy (non-hydrogen) atoms. The molecule has 1 aromatic heterocycles. The normalized spacial score (nSPS) is 10.2. The molecule has 3 nitrogen and oxygen atoms in total. The zero-order valence-electron chi connectivity index (χ0n) is 9.44. The van der Waals surface area contributed by atoms with Crippen molar-refractivity contribution in [2.24, 2.45) is 0 Å². The maximum Gasteiger partial charge on any atom is 0.138 e. The number of benzene rings is 1. The highest BCUT2D eigenvalue weighted by Gasteiger charge is 2.04. The summed E-state index contributed by atoms with van der Waals surface area (Å²) in [6.07, 6.45) is 0. The maximum absolute atomic E-state index is 9.67. The van der Waals surface area contributed by atoms with Crippen LogP contribution in [0.1, 0.15) is 11.4 Å². The maximum atomic E-state index is 9.67. The van der Waals surface area contributed by atoms with Crippen LogP contribution in [-0.2, 0) is 6.54 Å². The third-order valence-electron chi connectivity index (χ3n) is 2.41. The van der Waals surface area contributed by atoms with Gasteiger partial charge in [0.25, 0.3) is 0 Å². The molecule has 2 N–H and O–H groups in total. The average Bonchev–Trinajstić information content (AvgIpc) is 2.32. The Kier molecular flexibility index (Phi) is 3.64. The summed E-state index contributed by atoms with van der Waals surface area (Å²) < 4.78 is 0.993. The first-order valence-electron chi connectivity index (χ1n) is 5.30. The van der Waals surface area contributed by atoms with E-state index in [2.05, 4.69) is 26.2 Å². The lowest BCUT2D eigenvalue weighted by molar-refractivity contribution is 0.464. The minimum atomic E-state index is 0.218. The van der Waals surface area contributed by atoms with Crippen LogP contribution in [0.5, 0.6) is 5.75 Å². The van der Waals surface area contributed by atoms with Crippen molar-refractivity contribution in [3.63, 3.8) is 0 Å². The van der Waals surface area contributed by atoms with E-state index in [1.165, 1.54) is 0 Å². The minimum absolute atomic E-state index is 0.218. The quantitative estimate of drug-likeness (QED) is 0.910. The molecule has 0 saturated carbocycles. The van der Waals surface area contributed by atoms with E-state index >= 15 is 0 Å². The van der Waals surface area contributed by atoms with E-state index in [9.17, 15) is 5.11 Å². The number of hydrogen-bond donors (Lipinski definition) is 2. The van der Waals surface area contributed by atoms with Crippen LogP contribution in [0.2, 0.25) is 0 Å². The first-order chi connectivity index (χ1) is 8.16. The number of nitrogens with zero attached hydrogens (tertiary/aromatic N) is 1. The molecule has 1 heterocycles. The number of nitrogens with one attached hydrogen (secondary N) is 1. The van der Waals surface area contributed by atoms with Gasteiger partial charge in [-0.1, -0.05) is 12.1 Å². The number of rotatable bonds is 3. The second kappa shape index (κ2) is 5.19. The Bertz CT molecular complexity index is 529. The first kappa shape index (κ1) is 11.9. The Hall–Kier alpha value is -1.55. The smallest absolute Gasteiger partial charge is 0.138 e. The molecule has 0 aliphatic carbocycles. The molecule has 0 amide bonds. The second-order valence-corrected chi connectivity index (χ2v) is 4.61. The van der Waals surface area contributed by atoms with Crippen molar-refractivity contribution in [2.75, 3.05) is 5.32 Å². The summed E-state index contributed by atoms with van der Waals surface area (Å²) >= 11 is 3.46. The molecule has 0 fully saturated rings. The Morgan fingerprint density at radius 1 is 1.24 bits per heavy atom. The molecule has 0 saturated heterocycles. The standard InChI is InChI=1S/C13H13BrN2O/c1-9-6-7-13(17)12(16-9)8-15-11-5-3-2-4-10(11)14/h2-7,15,17H,8H2,1H3. The summed E-state index contributed by atoms with van der Waals surface area (Å²) in [5.74, 6) is 0.218. The van der Waals surface area contributed by atoms with Crippen molar-refractivity contribution >= 4 is 21.6 Å². The fourth-order valence-electron chi connectivity index (χ4n) is 1.52. The molecule has 2 rings (SSSR count). The summed E-state index contributed by atoms with van der Waals surface area (Å²) in [6, 6.07) is 11.3. The zero-order valence-corrected chi connectivity index (χ0v) is 11.0. The first-order valence-corrected chi connectivity index (χ1v) is 6.10. The van der Waals surface area contributed by atoms with Crippen LogP contribution < -0.4 is 5.32 Å². The summed E-state index contributed by atoms with van der Waals surface area (Å²) in [7, 11) is 0. The van der Waals surface area contributed by atoms with Crippen LogP contribution in [0, 0.1) is 6.92 Å². The summed E-state index contributed by atoms with van der Waals surface area (Å²) in [5, 5.41) is 12.9. The van der Waals surface area contributed by atoms with Crippen molar-refractivity contribution in [1.82, 2.24) is 4.98 Å². The van der Waals surface area contributed by atoms with E-state index < -0.39 is 0 Å². The highest BCUT2D eigenvalue weighted by molar-refractivity contribution is 9.10. The van der Waals surface area contributed by atoms with E-state index in [1.807, 2.05) is 31.2 Å². The molecule has 0 unspecified atom stereocenters. The van der Waals surface area contributed by atoms with Gasteiger partial charge in [0.05, 0.1) is 6.54 Å². The van der Waals surface area contributed by atoms with E-state index in [1.54, 1.807) is 12.1 Å². The Morgan fingerprint density at radius 2 is 2.00 bits per heavy atom. The van der Waals surface area contributed by atoms with Gasteiger partial charge in [-0.3, -0.25) is 4.98 Å². The largest absolute Gasteiger partial charge is 0.506 e. The fraction of sp³-hybridized carbons (Fsp3) is 0.154. The number of pyridine rings is 1. The molecule has 0 bridgehead atoms. The lowest BCUT2D eigenvalue weighted by Crippen LogP contribution is -2.03. The summed E-state index contributed by atoms with van der Waals surface area (Å²) in [4.78, 5) is 4.29. The van der Waals surface area contributed by atoms with Crippen LogP contribution >= 0.6 is 15.9 Å². The number of aromatic hydroxyl groups is 1. The number of halogens is 1. The van der Waals surface area contributed by atoms with Gasteiger partial charge in [0.1, 0.15) is 11.4 Å². The van der Waals surface area contributed by atoms with E-state index in [4.69, 9.17) is 0 Å². The van der Waals surface area contributed by atoms with Gasteiger partial charge >= 0.3 is 0 Å². The average molecular weight is 293 g/mol. The highest BCUT2D eigenvalue weighted by atomic mass is 79.9. The molecule has 0 aliphatic heterocycles. The minimum Gasteiger partial charge on any atom is -0.506 e. The second-order valence-electron chi connectivity index (χ2n) is 3.75. The molecule has 0 atom stereocenters. The van der Waals surface area contributed by atoms with Gasteiger partial charge in [0.2, 0.25) is 0 Å². The van der Waals surface area contributed by atoms with Crippen LogP contribution in [0.25, 0.3) is 0 Å². The third-order valence-corrected chi connectivity index (χ3v) is 3.10. The van der Waals surface area contributed by atoms with Crippen molar-refractivity contribution in [2.45, 2.75) is 13.5 Å². The fourth-order valence-corrected chi connectivity index (χ4v) is 1.94. The van der Waals surface area contributed by atoms with Crippen molar-refractivity contribution in [3.8, 4) is 5.75 Å². The molecule has 4 heteroatoms. The van der Waals surface area contributed by atoms with Gasteiger partial charge in [0, 0.05) is 15.9 Å². The van der Waals surface area contributed by atoms with Crippen molar-refractivity contribution < 1.29 is 5.11 Å². The van der Waals surface area contributed by atoms with Gasteiger partial charge in [0.15, 0.2) is 0 Å². The van der Waals surface area contributed by atoms with E-state index in [0.29, 0.717) is 12.2 Å². The molecule has 1 aromatic carbocycles. The van der Waals surface area contributed by atoms with Gasteiger partial charge in [-0.25, -0.2) is 0 Å². The lowest BCUT2D eigenvalue weighted by Gasteiger charge is -2.09. The van der Waals surface area contributed by atoms with E-state index in [0.717, 1.165) is 15.9 Å². The van der Waals surface area contributed by atoms with E-state index in [-0.39, 0.29) is 5.75 Å². The highest BCUT2D eigenvalue weighted by Crippen LogP contribution is 2.23. The number of aryl methyl sites for hydroxylation is 1. The van der Waals surface area contributed by atoms with Gasteiger partial charge in [-0.2, -0.15) is 0 Å². The number of para-hydroxylation sites is 1. The predicted octanol–water partition coefficient (Wildman–Crippen LogP) is 3.47. The zero-order chi connectivity index (χ0) is 12.3. The third kappa shape index (κ3) is 2.97. The molecule has 0 spiro atoms. The molecular formula is C13H13BrN2O.